The molecule has 0 aliphatic heterocycles. The first kappa shape index (κ1) is 18.1. The van der Waals surface area contributed by atoms with Crippen LogP contribution in [0.15, 0.2) is 52.0 Å². The average molecular weight is 358 g/mol. The van der Waals surface area contributed by atoms with Crippen molar-refractivity contribution in [2.75, 3.05) is 13.1 Å². The molecule has 1 heterocycles. The normalized spacial score (nSPS) is 12.1. The molecule has 0 aliphatic rings. The number of amides is 1. The number of carbonyl (C=O) groups excluding carboxylic acids is 1. The van der Waals surface area contributed by atoms with Crippen molar-refractivity contribution in [3.8, 4) is 0 Å². The molecule has 1 aromatic heterocycles. The lowest BCUT2D eigenvalue weighted by molar-refractivity contribution is 0.0115. The topological polar surface area (TPSA) is 102 Å². The van der Waals surface area contributed by atoms with Gasteiger partial charge >= 0.3 is 0 Å². The van der Waals surface area contributed by atoms with Gasteiger partial charge in [-0.2, -0.15) is 0 Å². The van der Waals surface area contributed by atoms with Gasteiger partial charge in [-0.1, -0.05) is 18.2 Å². The third kappa shape index (κ3) is 4.39. The number of sulfone groups is 1. The fourth-order valence-electron chi connectivity index (χ4n) is 1.93. The summed E-state index contributed by atoms with van der Waals surface area (Å²) in [4.78, 5) is 12.0. The number of rotatable bonds is 7. The molecular weight excluding hydrogens is 342 g/mol. The average Bonchev–Trinajstić information content (AvgIpc) is 3.01. The van der Waals surface area contributed by atoms with Crippen molar-refractivity contribution in [3.63, 3.8) is 0 Å². The first-order chi connectivity index (χ1) is 11.2. The van der Waals surface area contributed by atoms with Gasteiger partial charge in [0.05, 0.1) is 30.0 Å². The highest BCUT2D eigenvalue weighted by molar-refractivity contribution is 7.90. The molecule has 6 nitrogen and oxygen atoms in total. The summed E-state index contributed by atoms with van der Waals surface area (Å²) < 4.78 is 55.8. The molecule has 1 amide bonds. The van der Waals surface area contributed by atoms with Crippen molar-refractivity contribution in [2.45, 2.75) is 16.6 Å². The van der Waals surface area contributed by atoms with Crippen LogP contribution in [-0.2, 0) is 15.6 Å². The molecule has 0 saturated heterocycles. The highest BCUT2D eigenvalue weighted by Gasteiger charge is 2.29. The number of nitrogens with two attached hydrogens (primary N) is 1. The third-order valence-electron chi connectivity index (χ3n) is 3.21. The second kappa shape index (κ2) is 7.10. The van der Waals surface area contributed by atoms with E-state index in [1.807, 2.05) is 5.32 Å². The number of furan rings is 1. The summed E-state index contributed by atoms with van der Waals surface area (Å²) in [5, 5.41) is 1.98. The number of carbonyl (C=O) groups is 1. The summed E-state index contributed by atoms with van der Waals surface area (Å²) in [5.41, 5.74) is 4.97. The smallest absolute Gasteiger partial charge is 0.287 e. The van der Waals surface area contributed by atoms with Gasteiger partial charge in [-0.25, -0.2) is 17.2 Å². The maximum absolute atomic E-state index is 13.1. The summed E-state index contributed by atoms with van der Waals surface area (Å²) in [5.74, 6) is -4.98. The van der Waals surface area contributed by atoms with Crippen LogP contribution in [0, 0.1) is 0 Å². The molecule has 1 aromatic carbocycles. The Bertz CT molecular complexity index is 804. The first-order valence-electron chi connectivity index (χ1n) is 6.95. The Kier molecular flexibility index (Phi) is 5.35. The molecule has 0 radical (unpaired) electrons. The summed E-state index contributed by atoms with van der Waals surface area (Å²) >= 11 is 0. The zero-order valence-electron chi connectivity index (χ0n) is 12.5. The van der Waals surface area contributed by atoms with Gasteiger partial charge in [0.1, 0.15) is 0 Å². The minimum Gasteiger partial charge on any atom is -0.459 e. The molecule has 3 N–H and O–H groups in total. The van der Waals surface area contributed by atoms with Crippen LogP contribution < -0.4 is 11.1 Å². The number of nitrogens with one attached hydrogen (secondary N) is 1. The van der Waals surface area contributed by atoms with Crippen molar-refractivity contribution in [3.05, 3.63) is 54.0 Å². The fourth-order valence-corrected chi connectivity index (χ4v) is 3.30. The Morgan fingerprint density at radius 2 is 1.88 bits per heavy atom. The lowest BCUT2D eigenvalue weighted by Crippen LogP contribution is -2.41. The van der Waals surface area contributed by atoms with Gasteiger partial charge < -0.3 is 15.5 Å². The molecule has 0 bridgehead atoms. The van der Waals surface area contributed by atoms with E-state index in [1.165, 1.54) is 18.2 Å². The Balaban J connectivity index is 2.15. The highest BCUT2D eigenvalue weighted by Crippen LogP contribution is 2.20. The maximum Gasteiger partial charge on any atom is 0.287 e. The van der Waals surface area contributed by atoms with E-state index in [0.29, 0.717) is 0 Å². The zero-order valence-corrected chi connectivity index (χ0v) is 13.4. The van der Waals surface area contributed by atoms with E-state index in [4.69, 9.17) is 10.2 Å². The number of hydrogen-bond donors (Lipinski definition) is 2. The molecule has 9 heteroatoms. The van der Waals surface area contributed by atoms with Crippen LogP contribution in [-0.4, -0.2) is 33.3 Å². The Morgan fingerprint density at radius 3 is 2.50 bits per heavy atom. The van der Waals surface area contributed by atoms with Gasteiger partial charge in [-0.15, -0.1) is 0 Å². The van der Waals surface area contributed by atoms with Crippen LogP contribution in [0.2, 0.25) is 0 Å². The molecule has 2 rings (SSSR count). The number of hydrogen-bond acceptors (Lipinski definition) is 5. The van der Waals surface area contributed by atoms with Gasteiger partial charge in [0.2, 0.25) is 0 Å². The maximum atomic E-state index is 13.1. The molecule has 0 saturated carbocycles. The van der Waals surface area contributed by atoms with E-state index in [0.717, 1.165) is 6.26 Å². The largest absolute Gasteiger partial charge is 0.459 e. The van der Waals surface area contributed by atoms with Gasteiger partial charge in [-0.3, -0.25) is 4.79 Å². The van der Waals surface area contributed by atoms with E-state index in [9.17, 15) is 22.0 Å². The minimum absolute atomic E-state index is 0.0900. The SMILES string of the molecule is NCC(F)(F)CNC(=O)c1occc1CS(=O)(=O)c1ccccc1. The quantitative estimate of drug-likeness (QED) is 0.782. The summed E-state index contributed by atoms with van der Waals surface area (Å²) in [6.45, 7) is -1.88. The van der Waals surface area contributed by atoms with Crippen molar-refractivity contribution in [1.29, 1.82) is 0 Å². The molecule has 0 spiro atoms. The molecule has 0 aliphatic carbocycles. The fraction of sp³-hybridized carbons (Fsp3) is 0.267. The number of alkyl halides is 2. The highest BCUT2D eigenvalue weighted by atomic mass is 32.2. The third-order valence-corrected chi connectivity index (χ3v) is 4.89. The molecule has 0 unspecified atom stereocenters. The van der Waals surface area contributed by atoms with Crippen LogP contribution in [0.4, 0.5) is 8.78 Å². The second-order valence-corrected chi connectivity index (χ2v) is 7.08. The molecule has 130 valence electrons. The summed E-state index contributed by atoms with van der Waals surface area (Å²) in [7, 11) is -3.70. The van der Waals surface area contributed by atoms with Crippen molar-refractivity contribution in [1.82, 2.24) is 5.32 Å². The van der Waals surface area contributed by atoms with E-state index in [2.05, 4.69) is 0 Å². The molecule has 2 aromatic rings. The number of benzene rings is 1. The van der Waals surface area contributed by atoms with Crippen LogP contribution in [0.25, 0.3) is 0 Å². The van der Waals surface area contributed by atoms with E-state index >= 15 is 0 Å². The molecule has 24 heavy (non-hydrogen) atoms. The number of halogens is 2. The Hall–Kier alpha value is -2.26. The lowest BCUT2D eigenvalue weighted by atomic mass is 10.2. The van der Waals surface area contributed by atoms with Gasteiger partial charge in [0.15, 0.2) is 15.6 Å². The predicted molar refractivity (Wildman–Crippen MR) is 82.4 cm³/mol. The van der Waals surface area contributed by atoms with Crippen LogP contribution in [0.1, 0.15) is 16.1 Å². The van der Waals surface area contributed by atoms with E-state index in [-0.39, 0.29) is 16.2 Å². The van der Waals surface area contributed by atoms with E-state index < -0.39 is 40.5 Å². The second-order valence-electron chi connectivity index (χ2n) is 5.09. The predicted octanol–water partition coefficient (Wildman–Crippen LogP) is 1.58. The first-order valence-corrected chi connectivity index (χ1v) is 8.61. The van der Waals surface area contributed by atoms with E-state index in [1.54, 1.807) is 18.2 Å². The van der Waals surface area contributed by atoms with Crippen molar-refractivity contribution >= 4 is 15.7 Å². The Labute approximate surface area is 137 Å². The molecule has 0 atom stereocenters. The zero-order chi connectivity index (χ0) is 17.8. The minimum atomic E-state index is -3.70. The standard InChI is InChI=1S/C15H16F2N2O4S/c16-15(17,9-18)10-19-14(20)13-11(6-7-23-13)8-24(21,22)12-4-2-1-3-5-12/h1-7H,8-10,18H2,(H,19,20). The van der Waals surface area contributed by atoms with Crippen LogP contribution >= 0.6 is 0 Å². The molecular formula is C15H16F2N2O4S. The van der Waals surface area contributed by atoms with Gasteiger partial charge in [0.25, 0.3) is 11.8 Å². The monoisotopic (exact) mass is 358 g/mol. The van der Waals surface area contributed by atoms with Gasteiger partial charge in [-0.05, 0) is 18.2 Å². The molecule has 0 fully saturated rings. The van der Waals surface area contributed by atoms with Crippen LogP contribution in [0.3, 0.4) is 0 Å². The van der Waals surface area contributed by atoms with Crippen molar-refractivity contribution < 1.29 is 26.4 Å². The van der Waals surface area contributed by atoms with Crippen LogP contribution in [0.5, 0.6) is 0 Å². The van der Waals surface area contributed by atoms with Crippen molar-refractivity contribution in [2.24, 2.45) is 5.73 Å². The van der Waals surface area contributed by atoms with Gasteiger partial charge in [0, 0.05) is 5.56 Å². The lowest BCUT2D eigenvalue weighted by Gasteiger charge is -2.14. The Morgan fingerprint density at radius 1 is 1.21 bits per heavy atom. The summed E-state index contributed by atoms with van der Waals surface area (Å²) in [6.07, 6.45) is 1.13. The summed E-state index contributed by atoms with van der Waals surface area (Å²) in [6, 6.07) is 8.99.